The van der Waals surface area contributed by atoms with Crippen molar-refractivity contribution in [1.29, 1.82) is 0 Å². The SMILES string of the molecule is CC[C@@H](C)[C@H](NC(N)=O)C(=O)Nc1ccc(C)cc1. The van der Waals surface area contributed by atoms with Gasteiger partial charge in [0.05, 0.1) is 0 Å². The number of urea groups is 1. The monoisotopic (exact) mass is 263 g/mol. The van der Waals surface area contributed by atoms with E-state index < -0.39 is 12.1 Å². The number of primary amides is 1. The van der Waals surface area contributed by atoms with Gasteiger partial charge in [0, 0.05) is 5.69 Å². The second kappa shape index (κ2) is 6.78. The van der Waals surface area contributed by atoms with Crippen molar-refractivity contribution < 1.29 is 9.59 Å². The molecule has 0 bridgehead atoms. The van der Waals surface area contributed by atoms with Crippen molar-refractivity contribution in [2.45, 2.75) is 33.2 Å². The first kappa shape index (κ1) is 15.0. The number of hydrogen-bond donors (Lipinski definition) is 3. The summed E-state index contributed by atoms with van der Waals surface area (Å²) in [4.78, 5) is 23.1. The highest BCUT2D eigenvalue weighted by Crippen LogP contribution is 2.13. The van der Waals surface area contributed by atoms with Crippen molar-refractivity contribution in [3.63, 3.8) is 0 Å². The summed E-state index contributed by atoms with van der Waals surface area (Å²) in [7, 11) is 0. The van der Waals surface area contributed by atoms with E-state index in [1.54, 1.807) is 0 Å². The van der Waals surface area contributed by atoms with Crippen LogP contribution in [0.2, 0.25) is 0 Å². The zero-order valence-corrected chi connectivity index (χ0v) is 11.6. The lowest BCUT2D eigenvalue weighted by molar-refractivity contribution is -0.119. The Balaban J connectivity index is 2.76. The Morgan fingerprint density at radius 2 is 1.84 bits per heavy atom. The van der Waals surface area contributed by atoms with Crippen LogP contribution in [-0.2, 0) is 4.79 Å². The minimum Gasteiger partial charge on any atom is -0.352 e. The molecule has 0 aliphatic carbocycles. The van der Waals surface area contributed by atoms with Gasteiger partial charge in [0.25, 0.3) is 0 Å². The minimum absolute atomic E-state index is 0.0120. The van der Waals surface area contributed by atoms with E-state index in [9.17, 15) is 9.59 Å². The minimum atomic E-state index is -0.690. The first-order chi connectivity index (χ1) is 8.93. The summed E-state index contributed by atoms with van der Waals surface area (Å²) in [6.07, 6.45) is 0.770. The average Bonchev–Trinajstić information content (AvgIpc) is 2.37. The van der Waals surface area contributed by atoms with Gasteiger partial charge in [0.15, 0.2) is 0 Å². The van der Waals surface area contributed by atoms with Crippen LogP contribution in [0.3, 0.4) is 0 Å². The summed E-state index contributed by atoms with van der Waals surface area (Å²) in [5.41, 5.74) is 6.93. The van der Waals surface area contributed by atoms with Gasteiger partial charge in [-0.2, -0.15) is 0 Å². The summed E-state index contributed by atoms with van der Waals surface area (Å²) in [6, 6.07) is 6.16. The van der Waals surface area contributed by atoms with E-state index >= 15 is 0 Å². The van der Waals surface area contributed by atoms with Gasteiger partial charge in [-0.1, -0.05) is 38.0 Å². The molecule has 1 aromatic carbocycles. The Morgan fingerprint density at radius 3 is 2.32 bits per heavy atom. The van der Waals surface area contributed by atoms with Crippen LogP contribution in [-0.4, -0.2) is 18.0 Å². The zero-order valence-electron chi connectivity index (χ0n) is 11.6. The Bertz CT molecular complexity index is 443. The number of hydrogen-bond acceptors (Lipinski definition) is 2. The van der Waals surface area contributed by atoms with Crippen LogP contribution < -0.4 is 16.4 Å². The number of carbonyl (C=O) groups is 2. The third kappa shape index (κ3) is 4.62. The highest BCUT2D eigenvalue weighted by Gasteiger charge is 2.25. The maximum Gasteiger partial charge on any atom is 0.312 e. The molecule has 0 heterocycles. The van der Waals surface area contributed by atoms with Gasteiger partial charge < -0.3 is 16.4 Å². The summed E-state index contributed by atoms with van der Waals surface area (Å²) < 4.78 is 0. The molecule has 5 heteroatoms. The Hall–Kier alpha value is -2.04. The van der Waals surface area contributed by atoms with E-state index in [0.717, 1.165) is 12.0 Å². The number of nitrogens with one attached hydrogen (secondary N) is 2. The number of carbonyl (C=O) groups excluding carboxylic acids is 2. The molecule has 19 heavy (non-hydrogen) atoms. The molecule has 0 spiro atoms. The quantitative estimate of drug-likeness (QED) is 0.759. The molecule has 0 saturated heterocycles. The molecular weight excluding hydrogens is 242 g/mol. The third-order valence-electron chi connectivity index (χ3n) is 3.11. The van der Waals surface area contributed by atoms with Crippen molar-refractivity contribution in [3.05, 3.63) is 29.8 Å². The highest BCUT2D eigenvalue weighted by atomic mass is 16.2. The number of rotatable bonds is 5. The molecule has 0 fully saturated rings. The first-order valence-electron chi connectivity index (χ1n) is 6.37. The van der Waals surface area contributed by atoms with Gasteiger partial charge in [-0.05, 0) is 25.0 Å². The van der Waals surface area contributed by atoms with E-state index in [0.29, 0.717) is 5.69 Å². The molecule has 0 saturated carbocycles. The van der Waals surface area contributed by atoms with Crippen LogP contribution in [0.25, 0.3) is 0 Å². The van der Waals surface area contributed by atoms with Gasteiger partial charge in [-0.15, -0.1) is 0 Å². The standard InChI is InChI=1S/C14H21N3O2/c1-4-10(3)12(17-14(15)19)13(18)16-11-7-5-9(2)6-8-11/h5-8,10,12H,4H2,1-3H3,(H,16,18)(H3,15,17,19)/t10-,12+/m1/s1. The molecule has 0 aliphatic heterocycles. The van der Waals surface area contributed by atoms with Crippen molar-refractivity contribution in [2.24, 2.45) is 11.7 Å². The van der Waals surface area contributed by atoms with Gasteiger partial charge in [0.1, 0.15) is 6.04 Å². The lowest BCUT2D eigenvalue weighted by atomic mass is 9.98. The number of benzene rings is 1. The van der Waals surface area contributed by atoms with Crippen LogP contribution in [0.4, 0.5) is 10.5 Å². The lowest BCUT2D eigenvalue weighted by Crippen LogP contribution is -2.49. The fraction of sp³-hybridized carbons (Fsp3) is 0.429. The molecule has 0 radical (unpaired) electrons. The Labute approximate surface area is 113 Å². The van der Waals surface area contributed by atoms with Gasteiger partial charge >= 0.3 is 6.03 Å². The van der Waals surface area contributed by atoms with Crippen LogP contribution in [0.15, 0.2) is 24.3 Å². The average molecular weight is 263 g/mol. The molecule has 1 aromatic rings. The summed E-state index contributed by atoms with van der Waals surface area (Å²) in [6.45, 7) is 5.83. The van der Waals surface area contributed by atoms with Gasteiger partial charge in [0.2, 0.25) is 5.91 Å². The van der Waals surface area contributed by atoms with Crippen LogP contribution in [0.5, 0.6) is 0 Å². The summed E-state index contributed by atoms with van der Waals surface area (Å²) in [5, 5.41) is 5.27. The van der Waals surface area contributed by atoms with E-state index in [-0.39, 0.29) is 11.8 Å². The van der Waals surface area contributed by atoms with Crippen molar-refractivity contribution in [1.82, 2.24) is 5.32 Å². The zero-order chi connectivity index (χ0) is 14.4. The smallest absolute Gasteiger partial charge is 0.312 e. The molecule has 1 rings (SSSR count). The summed E-state index contributed by atoms with van der Waals surface area (Å²) in [5.74, 6) is -0.241. The number of amides is 3. The van der Waals surface area contributed by atoms with Crippen LogP contribution in [0.1, 0.15) is 25.8 Å². The molecular formula is C14H21N3O2. The number of anilines is 1. The number of nitrogens with two attached hydrogens (primary N) is 1. The topological polar surface area (TPSA) is 84.2 Å². The molecule has 5 nitrogen and oxygen atoms in total. The second-order valence-corrected chi connectivity index (χ2v) is 4.73. The van der Waals surface area contributed by atoms with Crippen molar-refractivity contribution >= 4 is 17.6 Å². The van der Waals surface area contributed by atoms with Crippen molar-refractivity contribution in [2.75, 3.05) is 5.32 Å². The van der Waals surface area contributed by atoms with Crippen LogP contribution in [0, 0.1) is 12.8 Å². The highest BCUT2D eigenvalue weighted by molar-refractivity contribution is 5.97. The van der Waals surface area contributed by atoms with E-state index in [1.807, 2.05) is 45.0 Å². The molecule has 0 aliphatic rings. The fourth-order valence-corrected chi connectivity index (χ4v) is 1.71. The Kier molecular flexibility index (Phi) is 5.36. The third-order valence-corrected chi connectivity index (χ3v) is 3.11. The van der Waals surface area contributed by atoms with E-state index in [4.69, 9.17) is 5.73 Å². The molecule has 2 atom stereocenters. The molecule has 3 amide bonds. The maximum absolute atomic E-state index is 12.2. The molecule has 4 N–H and O–H groups in total. The van der Waals surface area contributed by atoms with E-state index in [2.05, 4.69) is 10.6 Å². The summed E-state index contributed by atoms with van der Waals surface area (Å²) >= 11 is 0. The van der Waals surface area contributed by atoms with Gasteiger partial charge in [-0.3, -0.25) is 4.79 Å². The predicted molar refractivity (Wildman–Crippen MR) is 75.8 cm³/mol. The normalized spacial score (nSPS) is 13.4. The second-order valence-electron chi connectivity index (χ2n) is 4.73. The van der Waals surface area contributed by atoms with Crippen molar-refractivity contribution in [3.8, 4) is 0 Å². The predicted octanol–water partition coefficient (Wildman–Crippen LogP) is 2.02. The largest absolute Gasteiger partial charge is 0.352 e. The molecule has 104 valence electrons. The molecule has 0 aromatic heterocycles. The molecule has 0 unspecified atom stereocenters. The van der Waals surface area contributed by atoms with E-state index in [1.165, 1.54) is 0 Å². The Morgan fingerprint density at radius 1 is 1.26 bits per heavy atom. The first-order valence-corrected chi connectivity index (χ1v) is 6.37. The number of aryl methyl sites for hydroxylation is 1. The van der Waals surface area contributed by atoms with Crippen LogP contribution >= 0.6 is 0 Å². The van der Waals surface area contributed by atoms with Gasteiger partial charge in [-0.25, -0.2) is 4.79 Å². The lowest BCUT2D eigenvalue weighted by Gasteiger charge is -2.22. The maximum atomic E-state index is 12.2. The fourth-order valence-electron chi connectivity index (χ4n) is 1.71.